The van der Waals surface area contributed by atoms with Gasteiger partial charge in [0.15, 0.2) is 11.7 Å². The SMILES string of the molecule is CC(C)Oc1ccc(Br)cc1C(=O)NC(=S)NNC(=O)COc1ccc(Br)cc1. The van der Waals surface area contributed by atoms with Crippen LogP contribution in [-0.4, -0.2) is 29.6 Å². The molecule has 2 aromatic carbocycles. The van der Waals surface area contributed by atoms with Crippen molar-refractivity contribution in [1.29, 1.82) is 0 Å². The number of carbonyl (C=O) groups excluding carboxylic acids is 2. The summed E-state index contributed by atoms with van der Waals surface area (Å²) in [5, 5.41) is 2.43. The summed E-state index contributed by atoms with van der Waals surface area (Å²) < 4.78 is 12.6. The monoisotopic (exact) mass is 543 g/mol. The van der Waals surface area contributed by atoms with Gasteiger partial charge in [-0.25, -0.2) is 0 Å². The zero-order valence-corrected chi connectivity index (χ0v) is 19.6. The van der Waals surface area contributed by atoms with Gasteiger partial charge in [0.25, 0.3) is 11.8 Å². The third kappa shape index (κ3) is 8.00. The maximum absolute atomic E-state index is 12.5. The molecule has 0 radical (unpaired) electrons. The molecule has 0 saturated carbocycles. The molecule has 0 aliphatic rings. The summed E-state index contributed by atoms with van der Waals surface area (Å²) in [6.07, 6.45) is -0.0992. The fourth-order valence-electron chi connectivity index (χ4n) is 2.08. The summed E-state index contributed by atoms with van der Waals surface area (Å²) in [4.78, 5) is 24.4. The first-order valence-electron chi connectivity index (χ1n) is 8.49. The van der Waals surface area contributed by atoms with Crippen molar-refractivity contribution in [2.75, 3.05) is 6.61 Å². The number of rotatable bonds is 6. The van der Waals surface area contributed by atoms with Crippen molar-refractivity contribution in [1.82, 2.24) is 16.2 Å². The molecule has 2 rings (SSSR count). The van der Waals surface area contributed by atoms with Crippen molar-refractivity contribution in [2.24, 2.45) is 0 Å². The quantitative estimate of drug-likeness (QED) is 0.379. The lowest BCUT2D eigenvalue weighted by Gasteiger charge is -2.15. The second-order valence-corrected chi connectivity index (χ2v) is 8.25. The van der Waals surface area contributed by atoms with Gasteiger partial charge in [-0.3, -0.25) is 25.8 Å². The van der Waals surface area contributed by atoms with Crippen LogP contribution in [-0.2, 0) is 4.79 Å². The molecule has 0 aliphatic heterocycles. The van der Waals surface area contributed by atoms with Crippen LogP contribution in [0, 0.1) is 0 Å². The van der Waals surface area contributed by atoms with Gasteiger partial charge in [0.05, 0.1) is 11.7 Å². The summed E-state index contributed by atoms with van der Waals surface area (Å²) >= 11 is 11.7. The molecule has 0 saturated heterocycles. The molecule has 2 amide bonds. The third-order valence-electron chi connectivity index (χ3n) is 3.27. The second-order valence-electron chi connectivity index (χ2n) is 6.01. The minimum atomic E-state index is -0.472. The van der Waals surface area contributed by atoms with Gasteiger partial charge in [-0.05, 0) is 68.5 Å². The number of hydrogen-bond acceptors (Lipinski definition) is 5. The topological polar surface area (TPSA) is 88.7 Å². The van der Waals surface area contributed by atoms with Crippen LogP contribution in [0.5, 0.6) is 11.5 Å². The highest BCUT2D eigenvalue weighted by molar-refractivity contribution is 9.10. The first-order valence-corrected chi connectivity index (χ1v) is 10.5. The lowest BCUT2D eigenvalue weighted by molar-refractivity contribution is -0.123. The van der Waals surface area contributed by atoms with Crippen molar-refractivity contribution in [2.45, 2.75) is 20.0 Å². The minimum Gasteiger partial charge on any atom is -0.490 e. The second kappa shape index (κ2) is 11.1. The Hall–Kier alpha value is -2.17. The minimum absolute atomic E-state index is 0.0672. The zero-order valence-electron chi connectivity index (χ0n) is 15.6. The highest BCUT2D eigenvalue weighted by Crippen LogP contribution is 2.24. The van der Waals surface area contributed by atoms with E-state index < -0.39 is 11.8 Å². The normalized spacial score (nSPS) is 10.2. The number of amides is 2. The van der Waals surface area contributed by atoms with Crippen LogP contribution >= 0.6 is 44.1 Å². The van der Waals surface area contributed by atoms with Crippen molar-refractivity contribution in [3.8, 4) is 11.5 Å². The number of hydrazine groups is 1. The summed E-state index contributed by atoms with van der Waals surface area (Å²) in [7, 11) is 0. The Balaban J connectivity index is 1.84. The summed E-state index contributed by atoms with van der Waals surface area (Å²) in [5.74, 6) is 0.0395. The van der Waals surface area contributed by atoms with Crippen LogP contribution in [0.2, 0.25) is 0 Å². The van der Waals surface area contributed by atoms with Crippen molar-refractivity contribution in [3.63, 3.8) is 0 Å². The Labute approximate surface area is 190 Å². The van der Waals surface area contributed by atoms with Crippen LogP contribution in [0.25, 0.3) is 0 Å². The van der Waals surface area contributed by atoms with Gasteiger partial charge < -0.3 is 9.47 Å². The van der Waals surface area contributed by atoms with E-state index in [0.717, 1.165) is 8.95 Å². The van der Waals surface area contributed by atoms with E-state index in [4.69, 9.17) is 21.7 Å². The van der Waals surface area contributed by atoms with E-state index in [1.165, 1.54) is 0 Å². The van der Waals surface area contributed by atoms with E-state index in [9.17, 15) is 9.59 Å². The first kappa shape index (κ1) is 23.1. The van der Waals surface area contributed by atoms with Crippen LogP contribution in [0.3, 0.4) is 0 Å². The smallest absolute Gasteiger partial charge is 0.276 e. The lowest BCUT2D eigenvalue weighted by atomic mass is 10.2. The summed E-state index contributed by atoms with van der Waals surface area (Å²) in [6, 6.07) is 12.1. The molecule has 10 heteroatoms. The largest absolute Gasteiger partial charge is 0.490 e. The van der Waals surface area contributed by atoms with Crippen molar-refractivity contribution >= 4 is 61.0 Å². The zero-order chi connectivity index (χ0) is 21.4. The standard InChI is InChI=1S/C19H19Br2N3O4S/c1-11(2)28-16-8-5-13(21)9-15(16)18(26)22-19(29)24-23-17(25)10-27-14-6-3-12(20)4-7-14/h3-9,11H,10H2,1-2H3,(H,23,25)(H2,22,24,26,29). The Morgan fingerprint density at radius 3 is 2.34 bits per heavy atom. The molecule has 2 aromatic rings. The van der Waals surface area contributed by atoms with E-state index >= 15 is 0 Å². The molecule has 0 heterocycles. The molecule has 0 unspecified atom stereocenters. The molecule has 0 atom stereocenters. The van der Waals surface area contributed by atoms with E-state index in [0.29, 0.717) is 17.1 Å². The molecule has 154 valence electrons. The van der Waals surface area contributed by atoms with Crippen molar-refractivity contribution < 1.29 is 19.1 Å². The van der Waals surface area contributed by atoms with E-state index in [1.54, 1.807) is 42.5 Å². The average Bonchev–Trinajstić information content (AvgIpc) is 2.67. The fourth-order valence-corrected chi connectivity index (χ4v) is 2.85. The molecular weight excluding hydrogens is 526 g/mol. The predicted molar refractivity (Wildman–Crippen MR) is 121 cm³/mol. The molecule has 0 bridgehead atoms. The molecule has 0 fully saturated rings. The molecular formula is C19H19Br2N3O4S. The number of halogens is 2. The molecule has 0 spiro atoms. The van der Waals surface area contributed by atoms with Gasteiger partial charge in [0.1, 0.15) is 11.5 Å². The van der Waals surface area contributed by atoms with Crippen LogP contribution in [0.15, 0.2) is 51.4 Å². The van der Waals surface area contributed by atoms with Gasteiger partial charge in [-0.1, -0.05) is 31.9 Å². The molecule has 3 N–H and O–H groups in total. The first-order chi connectivity index (χ1) is 13.7. The Kier molecular flexibility index (Phi) is 8.87. The van der Waals surface area contributed by atoms with Gasteiger partial charge in [-0.15, -0.1) is 0 Å². The van der Waals surface area contributed by atoms with Crippen LogP contribution < -0.4 is 25.6 Å². The molecule has 0 aliphatic carbocycles. The van der Waals surface area contributed by atoms with Gasteiger partial charge in [-0.2, -0.15) is 0 Å². The Morgan fingerprint density at radius 1 is 1.03 bits per heavy atom. The van der Waals surface area contributed by atoms with Crippen LogP contribution in [0.4, 0.5) is 0 Å². The predicted octanol–water partition coefficient (Wildman–Crippen LogP) is 3.71. The van der Waals surface area contributed by atoms with Gasteiger partial charge in [0.2, 0.25) is 0 Å². The number of ether oxygens (including phenoxy) is 2. The molecule has 7 nitrogen and oxygen atoms in total. The van der Waals surface area contributed by atoms with E-state index in [2.05, 4.69) is 48.0 Å². The van der Waals surface area contributed by atoms with Crippen molar-refractivity contribution in [3.05, 3.63) is 57.0 Å². The fraction of sp³-hybridized carbons (Fsp3) is 0.211. The number of benzene rings is 2. The molecule has 29 heavy (non-hydrogen) atoms. The maximum Gasteiger partial charge on any atom is 0.276 e. The average molecular weight is 545 g/mol. The van der Waals surface area contributed by atoms with Gasteiger partial charge in [0, 0.05) is 8.95 Å². The van der Waals surface area contributed by atoms with E-state index in [1.807, 2.05) is 13.8 Å². The number of carbonyl (C=O) groups is 2. The van der Waals surface area contributed by atoms with Gasteiger partial charge >= 0.3 is 0 Å². The number of hydrogen-bond donors (Lipinski definition) is 3. The summed E-state index contributed by atoms with van der Waals surface area (Å²) in [6.45, 7) is 3.51. The Morgan fingerprint density at radius 2 is 1.69 bits per heavy atom. The highest BCUT2D eigenvalue weighted by atomic mass is 79.9. The molecule has 0 aromatic heterocycles. The summed E-state index contributed by atoms with van der Waals surface area (Å²) in [5.41, 5.74) is 5.13. The number of nitrogens with one attached hydrogen (secondary N) is 3. The van der Waals surface area contributed by atoms with Crippen LogP contribution in [0.1, 0.15) is 24.2 Å². The highest BCUT2D eigenvalue weighted by Gasteiger charge is 2.16. The Bertz CT molecular complexity index is 892. The maximum atomic E-state index is 12.5. The number of thiocarbonyl (C=S) groups is 1. The van der Waals surface area contributed by atoms with E-state index in [-0.39, 0.29) is 17.8 Å². The third-order valence-corrected chi connectivity index (χ3v) is 4.50. The lowest BCUT2D eigenvalue weighted by Crippen LogP contribution is -2.49.